The van der Waals surface area contributed by atoms with Gasteiger partial charge in [-0.15, -0.1) is 0 Å². The van der Waals surface area contributed by atoms with Crippen LogP contribution in [0.3, 0.4) is 0 Å². The molecule has 26 heavy (non-hydrogen) atoms. The maximum atomic E-state index is 5.84. The van der Waals surface area contributed by atoms with E-state index in [-0.39, 0.29) is 5.92 Å². The van der Waals surface area contributed by atoms with Crippen LogP contribution < -0.4 is 9.47 Å². The minimum atomic E-state index is 0.248. The lowest BCUT2D eigenvalue weighted by molar-refractivity contribution is 0.00708. The lowest BCUT2D eigenvalue weighted by Gasteiger charge is -2.13. The number of rotatable bonds is 2. The van der Waals surface area contributed by atoms with Crippen LogP contribution in [-0.2, 0) is 14.2 Å². The zero-order valence-corrected chi connectivity index (χ0v) is 14.8. The van der Waals surface area contributed by atoms with E-state index in [1.807, 2.05) is 36.6 Å². The maximum absolute atomic E-state index is 5.84. The van der Waals surface area contributed by atoms with Gasteiger partial charge >= 0.3 is 0 Å². The monoisotopic (exact) mass is 359 g/mol. The standard InChI is InChI=1S/C20H25NO5/c1-2-4-17(3-1)16-21-18-5-6-19-20(15-18)26-14-12-24-10-8-22-7-9-23-11-13-25-19/h1-6,15-17H,7-14H2. The van der Waals surface area contributed by atoms with E-state index >= 15 is 0 Å². The van der Waals surface area contributed by atoms with Crippen molar-refractivity contribution in [2.75, 3.05) is 52.9 Å². The summed E-state index contributed by atoms with van der Waals surface area (Å²) < 4.78 is 28.0. The van der Waals surface area contributed by atoms with E-state index in [1.165, 1.54) is 0 Å². The predicted octanol–water partition coefficient (Wildman–Crippen LogP) is 2.95. The van der Waals surface area contributed by atoms with E-state index in [0.717, 1.165) is 5.69 Å². The molecule has 0 radical (unpaired) electrons. The Morgan fingerprint density at radius 1 is 0.731 bits per heavy atom. The predicted molar refractivity (Wildman–Crippen MR) is 99.8 cm³/mol. The Kier molecular flexibility index (Phi) is 7.71. The first kappa shape index (κ1) is 18.6. The molecule has 0 spiro atoms. The first-order chi connectivity index (χ1) is 12.9. The van der Waals surface area contributed by atoms with Crippen LogP contribution in [0.5, 0.6) is 11.5 Å². The Balaban J connectivity index is 1.64. The molecule has 3 rings (SSSR count). The molecule has 1 heterocycles. The fourth-order valence-corrected chi connectivity index (χ4v) is 2.49. The summed E-state index contributed by atoms with van der Waals surface area (Å²) in [6, 6.07) is 5.68. The van der Waals surface area contributed by atoms with Crippen LogP contribution in [0.4, 0.5) is 5.69 Å². The van der Waals surface area contributed by atoms with Crippen LogP contribution in [0.25, 0.3) is 0 Å². The molecule has 140 valence electrons. The zero-order chi connectivity index (χ0) is 17.9. The number of fused-ring (bicyclic) bond motifs is 1. The smallest absolute Gasteiger partial charge is 0.163 e. The largest absolute Gasteiger partial charge is 0.487 e. The number of allylic oxidation sites excluding steroid dienone is 4. The second-order valence-corrected chi connectivity index (χ2v) is 5.79. The van der Waals surface area contributed by atoms with Gasteiger partial charge in [-0.1, -0.05) is 24.3 Å². The van der Waals surface area contributed by atoms with E-state index in [9.17, 15) is 0 Å². The molecule has 0 fully saturated rings. The molecule has 0 unspecified atom stereocenters. The van der Waals surface area contributed by atoms with Gasteiger partial charge in [0.05, 0.1) is 45.3 Å². The van der Waals surface area contributed by atoms with E-state index in [0.29, 0.717) is 64.4 Å². The number of ether oxygens (including phenoxy) is 5. The van der Waals surface area contributed by atoms with Crippen LogP contribution in [0.15, 0.2) is 47.5 Å². The Hall–Kier alpha value is -2.15. The third-order valence-corrected chi connectivity index (χ3v) is 3.82. The summed E-state index contributed by atoms with van der Waals surface area (Å²) in [6.45, 7) is 4.08. The van der Waals surface area contributed by atoms with Crippen LogP contribution in [0.1, 0.15) is 0 Å². The summed E-state index contributed by atoms with van der Waals surface area (Å²) in [4.78, 5) is 4.53. The van der Waals surface area contributed by atoms with Crippen LogP contribution in [-0.4, -0.2) is 59.1 Å². The second-order valence-electron chi connectivity index (χ2n) is 5.79. The van der Waals surface area contributed by atoms with Crippen LogP contribution >= 0.6 is 0 Å². The van der Waals surface area contributed by atoms with Gasteiger partial charge in [0.25, 0.3) is 0 Å². The summed E-state index contributed by atoms with van der Waals surface area (Å²) in [5.74, 6) is 1.59. The maximum Gasteiger partial charge on any atom is 0.163 e. The molecule has 0 saturated heterocycles. The SMILES string of the molecule is C1=CC(C=Nc2ccc3c(c2)OCCOCCOCCOCCO3)C=C1. The van der Waals surface area contributed by atoms with Crippen molar-refractivity contribution >= 4 is 11.9 Å². The summed E-state index contributed by atoms with van der Waals surface area (Å²) in [5, 5.41) is 0. The lowest BCUT2D eigenvalue weighted by atomic mass is 10.2. The molecule has 0 atom stereocenters. The van der Waals surface area contributed by atoms with Crippen molar-refractivity contribution in [2.24, 2.45) is 10.9 Å². The molecular formula is C20H25NO5. The van der Waals surface area contributed by atoms with E-state index < -0.39 is 0 Å². The molecule has 1 aliphatic carbocycles. The third kappa shape index (κ3) is 6.29. The summed E-state index contributed by atoms with van der Waals surface area (Å²) >= 11 is 0. The molecule has 0 aromatic heterocycles. The lowest BCUT2D eigenvalue weighted by Crippen LogP contribution is -2.13. The normalized spacial score (nSPS) is 20.2. The van der Waals surface area contributed by atoms with Crippen molar-refractivity contribution in [2.45, 2.75) is 0 Å². The van der Waals surface area contributed by atoms with Gasteiger partial charge in [0, 0.05) is 18.2 Å². The molecule has 0 N–H and O–H groups in total. The van der Waals surface area contributed by atoms with Crippen LogP contribution in [0, 0.1) is 5.92 Å². The van der Waals surface area contributed by atoms with Gasteiger partial charge in [0.1, 0.15) is 13.2 Å². The van der Waals surface area contributed by atoms with E-state index in [1.54, 1.807) is 0 Å². The third-order valence-electron chi connectivity index (χ3n) is 3.82. The van der Waals surface area contributed by atoms with Crippen molar-refractivity contribution < 1.29 is 23.7 Å². The minimum Gasteiger partial charge on any atom is -0.487 e. The molecule has 1 aromatic rings. The number of benzene rings is 1. The average Bonchev–Trinajstić information content (AvgIpc) is 3.17. The Morgan fingerprint density at radius 2 is 1.31 bits per heavy atom. The topological polar surface area (TPSA) is 58.5 Å². The Labute approximate surface area is 154 Å². The van der Waals surface area contributed by atoms with Gasteiger partial charge in [-0.2, -0.15) is 0 Å². The number of hydrogen-bond donors (Lipinski definition) is 0. The molecule has 0 amide bonds. The zero-order valence-electron chi connectivity index (χ0n) is 14.8. The molecule has 6 nitrogen and oxygen atoms in total. The summed E-state index contributed by atoms with van der Waals surface area (Å²) in [6.07, 6.45) is 10.1. The molecule has 1 aromatic carbocycles. The molecule has 6 heteroatoms. The van der Waals surface area contributed by atoms with Gasteiger partial charge in [-0.3, -0.25) is 4.99 Å². The van der Waals surface area contributed by atoms with E-state index in [4.69, 9.17) is 23.7 Å². The molecular weight excluding hydrogens is 334 g/mol. The van der Waals surface area contributed by atoms with Gasteiger partial charge in [-0.25, -0.2) is 0 Å². The van der Waals surface area contributed by atoms with Crippen molar-refractivity contribution in [1.82, 2.24) is 0 Å². The van der Waals surface area contributed by atoms with Gasteiger partial charge in [0.15, 0.2) is 11.5 Å². The molecule has 0 bridgehead atoms. The minimum absolute atomic E-state index is 0.248. The van der Waals surface area contributed by atoms with Crippen molar-refractivity contribution in [1.29, 1.82) is 0 Å². The number of aliphatic imine (C=N–C) groups is 1. The van der Waals surface area contributed by atoms with Crippen LogP contribution in [0.2, 0.25) is 0 Å². The quantitative estimate of drug-likeness (QED) is 0.760. The second kappa shape index (κ2) is 10.8. The number of nitrogens with zero attached hydrogens (tertiary/aromatic N) is 1. The summed E-state index contributed by atoms with van der Waals surface area (Å²) in [5.41, 5.74) is 0.824. The highest BCUT2D eigenvalue weighted by atomic mass is 16.6. The first-order valence-electron chi connectivity index (χ1n) is 8.94. The van der Waals surface area contributed by atoms with Gasteiger partial charge < -0.3 is 23.7 Å². The molecule has 0 saturated carbocycles. The molecule has 2 aliphatic rings. The highest BCUT2D eigenvalue weighted by molar-refractivity contribution is 5.71. The van der Waals surface area contributed by atoms with E-state index in [2.05, 4.69) is 17.1 Å². The first-order valence-corrected chi connectivity index (χ1v) is 8.94. The fraction of sp³-hybridized carbons (Fsp3) is 0.450. The Morgan fingerprint density at radius 3 is 1.96 bits per heavy atom. The Bertz CT molecular complexity index is 629. The number of hydrogen-bond acceptors (Lipinski definition) is 6. The van der Waals surface area contributed by atoms with Gasteiger partial charge in [-0.05, 0) is 12.1 Å². The van der Waals surface area contributed by atoms with Gasteiger partial charge in [0.2, 0.25) is 0 Å². The van der Waals surface area contributed by atoms with Crippen molar-refractivity contribution in [3.63, 3.8) is 0 Å². The van der Waals surface area contributed by atoms with Crippen molar-refractivity contribution in [3.8, 4) is 11.5 Å². The fourth-order valence-electron chi connectivity index (χ4n) is 2.49. The molecule has 1 aliphatic heterocycles. The van der Waals surface area contributed by atoms with Crippen molar-refractivity contribution in [3.05, 3.63) is 42.5 Å². The summed E-state index contributed by atoms with van der Waals surface area (Å²) in [7, 11) is 0. The highest BCUT2D eigenvalue weighted by Gasteiger charge is 2.08. The average molecular weight is 359 g/mol. The highest BCUT2D eigenvalue weighted by Crippen LogP contribution is 2.32.